The molecule has 0 aliphatic rings. The van der Waals surface area contributed by atoms with Gasteiger partial charge in [0, 0.05) is 5.56 Å². The average molecular weight is 302 g/mol. The number of nitrogen functional groups attached to an aromatic ring is 1. The third-order valence-corrected chi connectivity index (χ3v) is 3.15. The van der Waals surface area contributed by atoms with Gasteiger partial charge in [-0.2, -0.15) is 5.26 Å². The smallest absolute Gasteiger partial charge is 0.255 e. The topological polar surface area (TPSA) is 88.1 Å². The summed E-state index contributed by atoms with van der Waals surface area (Å²) in [6.07, 6.45) is 0. The van der Waals surface area contributed by atoms with Gasteiger partial charge in [0.2, 0.25) is 0 Å². The molecule has 0 spiro atoms. The van der Waals surface area contributed by atoms with Crippen LogP contribution in [0.25, 0.3) is 0 Å². The van der Waals surface area contributed by atoms with Crippen molar-refractivity contribution >= 4 is 28.9 Å². The molecule has 0 heterocycles. The fraction of sp³-hybridized carbons (Fsp3) is 0.0667. The molecule has 0 bridgehead atoms. The van der Waals surface area contributed by atoms with Gasteiger partial charge in [-0.3, -0.25) is 4.79 Å². The molecule has 0 aliphatic heterocycles. The van der Waals surface area contributed by atoms with Crippen LogP contribution in [-0.2, 0) is 0 Å². The zero-order chi connectivity index (χ0) is 15.4. The summed E-state index contributed by atoms with van der Waals surface area (Å²) in [6, 6.07) is 11.3. The summed E-state index contributed by atoms with van der Waals surface area (Å²) < 4.78 is 5.07. The number of ether oxygens (including phenoxy) is 1. The van der Waals surface area contributed by atoms with Gasteiger partial charge < -0.3 is 15.8 Å². The molecule has 5 nitrogen and oxygen atoms in total. The third-order valence-electron chi connectivity index (χ3n) is 2.84. The maximum Gasteiger partial charge on any atom is 0.255 e. The van der Waals surface area contributed by atoms with Gasteiger partial charge in [-0.05, 0) is 36.4 Å². The Bertz CT molecular complexity index is 738. The van der Waals surface area contributed by atoms with Crippen LogP contribution in [0, 0.1) is 11.3 Å². The Morgan fingerprint density at radius 3 is 2.71 bits per heavy atom. The zero-order valence-electron chi connectivity index (χ0n) is 11.2. The van der Waals surface area contributed by atoms with Crippen molar-refractivity contribution in [2.45, 2.75) is 0 Å². The number of nitrogens with two attached hydrogens (primary N) is 1. The van der Waals surface area contributed by atoms with Gasteiger partial charge in [-0.1, -0.05) is 11.6 Å². The Labute approximate surface area is 126 Å². The number of methoxy groups -OCH3 is 1. The van der Waals surface area contributed by atoms with Crippen LogP contribution >= 0.6 is 11.6 Å². The Kier molecular flexibility index (Phi) is 4.31. The molecule has 106 valence electrons. The monoisotopic (exact) mass is 301 g/mol. The molecule has 2 aromatic rings. The fourth-order valence-electron chi connectivity index (χ4n) is 1.73. The second-order valence-corrected chi connectivity index (χ2v) is 4.62. The van der Waals surface area contributed by atoms with E-state index in [-0.39, 0.29) is 5.91 Å². The van der Waals surface area contributed by atoms with Gasteiger partial charge in [0.25, 0.3) is 5.91 Å². The highest BCUT2D eigenvalue weighted by Gasteiger charge is 2.11. The minimum absolute atomic E-state index is 0.296. The van der Waals surface area contributed by atoms with Crippen molar-refractivity contribution in [3.8, 4) is 11.8 Å². The number of anilines is 2. The molecule has 0 fully saturated rings. The predicted molar refractivity (Wildman–Crippen MR) is 81.5 cm³/mol. The summed E-state index contributed by atoms with van der Waals surface area (Å²) in [7, 11) is 1.48. The van der Waals surface area contributed by atoms with Crippen LogP contribution in [0.1, 0.15) is 15.9 Å². The Morgan fingerprint density at radius 2 is 2.10 bits per heavy atom. The van der Waals surface area contributed by atoms with Crippen molar-refractivity contribution in [2.24, 2.45) is 0 Å². The molecule has 0 aliphatic carbocycles. The Hall–Kier alpha value is -2.71. The van der Waals surface area contributed by atoms with Gasteiger partial charge >= 0.3 is 0 Å². The standard InChI is InChI=1S/C15H12ClN3O2/c1-21-14-7-10(3-4-12(14)18)15(20)19-13-5-2-9(8-17)6-11(13)16/h2-7H,18H2,1H3,(H,19,20). The largest absolute Gasteiger partial charge is 0.495 e. The van der Waals surface area contributed by atoms with Crippen LogP contribution in [-0.4, -0.2) is 13.0 Å². The highest BCUT2D eigenvalue weighted by atomic mass is 35.5. The number of nitrogens with zero attached hydrogens (tertiary/aromatic N) is 1. The molecular formula is C15H12ClN3O2. The highest BCUT2D eigenvalue weighted by molar-refractivity contribution is 6.34. The van der Waals surface area contributed by atoms with E-state index in [4.69, 9.17) is 27.3 Å². The Morgan fingerprint density at radius 1 is 1.33 bits per heavy atom. The second kappa shape index (κ2) is 6.16. The molecule has 0 saturated carbocycles. The summed E-state index contributed by atoms with van der Waals surface area (Å²) in [5.74, 6) is 0.0773. The molecular weight excluding hydrogens is 290 g/mol. The highest BCUT2D eigenvalue weighted by Crippen LogP contribution is 2.25. The molecule has 1 amide bonds. The van der Waals surface area contributed by atoms with E-state index in [9.17, 15) is 4.79 Å². The lowest BCUT2D eigenvalue weighted by Gasteiger charge is -2.09. The molecule has 21 heavy (non-hydrogen) atoms. The lowest BCUT2D eigenvalue weighted by Crippen LogP contribution is -2.12. The fourth-order valence-corrected chi connectivity index (χ4v) is 1.96. The molecule has 3 N–H and O–H groups in total. The summed E-state index contributed by atoms with van der Waals surface area (Å²) in [4.78, 5) is 12.2. The number of nitriles is 1. The van der Waals surface area contributed by atoms with Gasteiger partial charge in [0.15, 0.2) is 0 Å². The molecule has 0 atom stereocenters. The van der Waals surface area contributed by atoms with E-state index in [1.165, 1.54) is 13.2 Å². The number of carbonyl (C=O) groups is 1. The van der Waals surface area contributed by atoms with Crippen molar-refractivity contribution in [2.75, 3.05) is 18.2 Å². The van der Waals surface area contributed by atoms with E-state index in [0.717, 1.165) is 0 Å². The number of carbonyl (C=O) groups excluding carboxylic acids is 1. The van der Waals surface area contributed by atoms with E-state index in [1.807, 2.05) is 6.07 Å². The summed E-state index contributed by atoms with van der Waals surface area (Å²) in [5, 5.41) is 11.7. The van der Waals surface area contributed by atoms with Crippen LogP contribution in [0.2, 0.25) is 5.02 Å². The Balaban J connectivity index is 2.24. The maximum absolute atomic E-state index is 12.2. The zero-order valence-corrected chi connectivity index (χ0v) is 11.9. The van der Waals surface area contributed by atoms with Gasteiger partial charge in [0.05, 0.1) is 35.1 Å². The molecule has 0 radical (unpaired) electrons. The first-order valence-electron chi connectivity index (χ1n) is 5.99. The molecule has 0 saturated heterocycles. The van der Waals surface area contributed by atoms with E-state index in [1.54, 1.807) is 30.3 Å². The number of benzene rings is 2. The first-order valence-corrected chi connectivity index (χ1v) is 6.37. The minimum atomic E-state index is -0.347. The minimum Gasteiger partial charge on any atom is -0.495 e. The number of hydrogen-bond acceptors (Lipinski definition) is 4. The average Bonchev–Trinajstić information content (AvgIpc) is 2.49. The van der Waals surface area contributed by atoms with Crippen molar-refractivity contribution in [1.29, 1.82) is 5.26 Å². The normalized spacial score (nSPS) is 9.76. The van der Waals surface area contributed by atoms with Gasteiger partial charge in [-0.25, -0.2) is 0 Å². The first-order chi connectivity index (χ1) is 10.0. The van der Waals surface area contributed by atoms with Crippen molar-refractivity contribution in [1.82, 2.24) is 0 Å². The summed E-state index contributed by atoms with van der Waals surface area (Å²) in [5.41, 5.74) is 7.39. The van der Waals surface area contributed by atoms with Crippen LogP contribution in [0.5, 0.6) is 5.75 Å². The van der Waals surface area contributed by atoms with Crippen molar-refractivity contribution < 1.29 is 9.53 Å². The second-order valence-electron chi connectivity index (χ2n) is 4.22. The quantitative estimate of drug-likeness (QED) is 0.853. The number of rotatable bonds is 3. The first kappa shape index (κ1) is 14.7. The van der Waals surface area contributed by atoms with E-state index in [0.29, 0.717) is 33.3 Å². The van der Waals surface area contributed by atoms with E-state index < -0.39 is 0 Å². The van der Waals surface area contributed by atoms with E-state index >= 15 is 0 Å². The van der Waals surface area contributed by atoms with Crippen molar-refractivity contribution in [3.63, 3.8) is 0 Å². The van der Waals surface area contributed by atoms with Crippen molar-refractivity contribution in [3.05, 3.63) is 52.5 Å². The number of hydrogen-bond donors (Lipinski definition) is 2. The third kappa shape index (κ3) is 3.25. The SMILES string of the molecule is COc1cc(C(=O)Nc2ccc(C#N)cc2Cl)ccc1N. The maximum atomic E-state index is 12.2. The number of halogens is 1. The summed E-state index contributed by atoms with van der Waals surface area (Å²) >= 11 is 6.01. The molecule has 2 rings (SSSR count). The summed E-state index contributed by atoms with van der Waals surface area (Å²) in [6.45, 7) is 0. The van der Waals surface area contributed by atoms with Crippen LogP contribution in [0.4, 0.5) is 11.4 Å². The number of nitrogens with one attached hydrogen (secondary N) is 1. The van der Waals surface area contributed by atoms with Crippen LogP contribution in [0.15, 0.2) is 36.4 Å². The van der Waals surface area contributed by atoms with Crippen LogP contribution < -0.4 is 15.8 Å². The van der Waals surface area contributed by atoms with E-state index in [2.05, 4.69) is 5.32 Å². The van der Waals surface area contributed by atoms with Gasteiger partial charge in [-0.15, -0.1) is 0 Å². The molecule has 0 unspecified atom stereocenters. The molecule has 0 aromatic heterocycles. The lowest BCUT2D eigenvalue weighted by molar-refractivity contribution is 0.102. The number of amides is 1. The van der Waals surface area contributed by atoms with Gasteiger partial charge in [0.1, 0.15) is 5.75 Å². The predicted octanol–water partition coefficient (Wildman–Crippen LogP) is 3.05. The molecule has 6 heteroatoms. The van der Waals surface area contributed by atoms with Crippen LogP contribution in [0.3, 0.4) is 0 Å². The lowest BCUT2D eigenvalue weighted by atomic mass is 10.1. The molecule has 2 aromatic carbocycles.